The number of rotatable bonds is 8. The van der Waals surface area contributed by atoms with Gasteiger partial charge in [0.2, 0.25) is 5.91 Å². The highest BCUT2D eigenvalue weighted by Crippen LogP contribution is 2.39. The lowest BCUT2D eigenvalue weighted by Gasteiger charge is -2.14. The maximum atomic E-state index is 13.5. The van der Waals surface area contributed by atoms with E-state index in [1.165, 1.54) is 25.3 Å². The minimum atomic E-state index is -0.585. The molecule has 1 aliphatic rings. The summed E-state index contributed by atoms with van der Waals surface area (Å²) in [6.07, 6.45) is 1.53. The topological polar surface area (TPSA) is 84.9 Å². The van der Waals surface area contributed by atoms with E-state index in [4.69, 9.17) is 21.1 Å². The van der Waals surface area contributed by atoms with Gasteiger partial charge in [0.25, 0.3) is 11.1 Å². The molecule has 0 radical (unpaired) electrons. The molecule has 3 amide bonds. The normalized spacial score (nSPS) is 14.3. The number of thioether (sulfide) groups is 1. The van der Waals surface area contributed by atoms with Crippen LogP contribution in [0.2, 0.25) is 5.02 Å². The predicted molar refractivity (Wildman–Crippen MR) is 144 cm³/mol. The van der Waals surface area contributed by atoms with Crippen molar-refractivity contribution in [3.05, 3.63) is 92.0 Å². The highest BCUT2D eigenvalue weighted by atomic mass is 79.9. The summed E-state index contributed by atoms with van der Waals surface area (Å²) in [7, 11) is 1.47. The number of ether oxygens (including phenoxy) is 2. The first-order valence-electron chi connectivity index (χ1n) is 10.8. The monoisotopic (exact) mass is 604 g/mol. The summed E-state index contributed by atoms with van der Waals surface area (Å²) in [6.45, 7) is -0.323. The molecule has 0 atom stereocenters. The summed E-state index contributed by atoms with van der Waals surface area (Å²) in [6, 6.07) is 15.9. The third-order valence-electron chi connectivity index (χ3n) is 5.11. The van der Waals surface area contributed by atoms with Gasteiger partial charge in [0.1, 0.15) is 19.0 Å². The molecule has 0 saturated carbocycles. The summed E-state index contributed by atoms with van der Waals surface area (Å²) >= 11 is 10.1. The van der Waals surface area contributed by atoms with Crippen molar-refractivity contribution in [2.24, 2.45) is 0 Å². The Bertz CT molecular complexity index is 1420. The van der Waals surface area contributed by atoms with Crippen molar-refractivity contribution in [1.82, 2.24) is 4.90 Å². The lowest BCUT2D eigenvalue weighted by Crippen LogP contribution is -2.36. The minimum Gasteiger partial charge on any atom is -0.493 e. The molecule has 3 aromatic rings. The number of hydrogen-bond acceptors (Lipinski definition) is 6. The molecule has 3 aromatic carbocycles. The molecule has 0 spiro atoms. The van der Waals surface area contributed by atoms with Crippen LogP contribution in [0.5, 0.6) is 11.5 Å². The Kier molecular flexibility index (Phi) is 8.52. The van der Waals surface area contributed by atoms with Crippen LogP contribution < -0.4 is 14.8 Å². The second kappa shape index (κ2) is 11.8. The van der Waals surface area contributed by atoms with Gasteiger partial charge in [-0.1, -0.05) is 29.8 Å². The van der Waals surface area contributed by atoms with Crippen LogP contribution in [0.15, 0.2) is 70.0 Å². The molecule has 0 aliphatic carbocycles. The molecule has 1 aliphatic heterocycles. The zero-order valence-electron chi connectivity index (χ0n) is 19.3. The summed E-state index contributed by atoms with van der Waals surface area (Å²) in [5, 5.41) is 2.50. The first kappa shape index (κ1) is 26.7. The molecule has 1 fully saturated rings. The number of anilines is 1. The third kappa shape index (κ3) is 6.71. The van der Waals surface area contributed by atoms with E-state index in [-0.39, 0.29) is 17.3 Å². The van der Waals surface area contributed by atoms with E-state index < -0.39 is 23.6 Å². The molecule has 0 aromatic heterocycles. The average molecular weight is 606 g/mol. The Hall–Kier alpha value is -3.34. The number of hydrogen-bond donors (Lipinski definition) is 1. The third-order valence-corrected chi connectivity index (χ3v) is 6.84. The number of carbonyl (C=O) groups excluding carboxylic acids is 3. The predicted octanol–water partition coefficient (Wildman–Crippen LogP) is 6.50. The van der Waals surface area contributed by atoms with Crippen LogP contribution in [0.3, 0.4) is 0 Å². The number of halogens is 3. The number of amides is 3. The Balaban J connectivity index is 1.47. The lowest BCUT2D eigenvalue weighted by atomic mass is 10.1. The van der Waals surface area contributed by atoms with Gasteiger partial charge in [0.05, 0.1) is 16.5 Å². The van der Waals surface area contributed by atoms with Crippen molar-refractivity contribution in [2.75, 3.05) is 19.0 Å². The Labute approximate surface area is 229 Å². The smallest absolute Gasteiger partial charge is 0.294 e. The van der Waals surface area contributed by atoms with E-state index in [0.29, 0.717) is 37.8 Å². The highest BCUT2D eigenvalue weighted by Gasteiger charge is 2.36. The second-order valence-electron chi connectivity index (χ2n) is 7.78. The maximum absolute atomic E-state index is 13.5. The van der Waals surface area contributed by atoms with Crippen LogP contribution in [0.4, 0.5) is 14.9 Å². The Morgan fingerprint density at radius 3 is 2.68 bits per heavy atom. The van der Waals surface area contributed by atoms with E-state index in [2.05, 4.69) is 21.2 Å². The van der Waals surface area contributed by atoms with Crippen LogP contribution in [0.25, 0.3) is 6.08 Å². The van der Waals surface area contributed by atoms with Gasteiger partial charge >= 0.3 is 0 Å². The Morgan fingerprint density at radius 2 is 1.95 bits per heavy atom. The molecule has 1 saturated heterocycles. The molecule has 190 valence electrons. The standard InChI is InChI=1S/C26H19BrClFN2O5S/c1-35-21-10-16(9-20(27)24(21)36-14-15-4-2-6-18(29)8-15)11-22-25(33)31(26(34)37-22)13-23(32)30-19-7-3-5-17(28)12-19/h2-12H,13-14H2,1H3,(H,30,32)/b22-11+. The van der Waals surface area contributed by atoms with Crippen LogP contribution in [0, 0.1) is 5.82 Å². The SMILES string of the molecule is COc1cc(/C=C2/SC(=O)N(CC(=O)Nc3cccc(Cl)c3)C2=O)cc(Br)c1OCc1cccc(F)c1. The van der Waals surface area contributed by atoms with Crippen LogP contribution in [0.1, 0.15) is 11.1 Å². The van der Waals surface area contributed by atoms with E-state index in [0.717, 1.165) is 16.7 Å². The first-order chi connectivity index (χ1) is 17.7. The van der Waals surface area contributed by atoms with Crippen molar-refractivity contribution in [1.29, 1.82) is 0 Å². The van der Waals surface area contributed by atoms with Crippen molar-refractivity contribution in [3.63, 3.8) is 0 Å². The van der Waals surface area contributed by atoms with Gasteiger partial charge in [-0.25, -0.2) is 4.39 Å². The quantitative estimate of drug-likeness (QED) is 0.295. The number of carbonyl (C=O) groups is 3. The van der Waals surface area contributed by atoms with Crippen molar-refractivity contribution in [3.8, 4) is 11.5 Å². The average Bonchev–Trinajstić information content (AvgIpc) is 3.10. The van der Waals surface area contributed by atoms with Crippen LogP contribution in [-0.4, -0.2) is 35.6 Å². The van der Waals surface area contributed by atoms with Crippen molar-refractivity contribution in [2.45, 2.75) is 6.61 Å². The largest absolute Gasteiger partial charge is 0.493 e. The zero-order valence-corrected chi connectivity index (χ0v) is 22.5. The van der Waals surface area contributed by atoms with Crippen molar-refractivity contribution >= 4 is 68.1 Å². The molecule has 4 rings (SSSR count). The van der Waals surface area contributed by atoms with Crippen LogP contribution >= 0.6 is 39.3 Å². The fourth-order valence-corrected chi connectivity index (χ4v) is 5.05. The van der Waals surface area contributed by atoms with Gasteiger partial charge in [0.15, 0.2) is 11.5 Å². The molecule has 37 heavy (non-hydrogen) atoms. The number of nitrogens with one attached hydrogen (secondary N) is 1. The molecule has 1 N–H and O–H groups in total. The van der Waals surface area contributed by atoms with Gasteiger partial charge in [-0.3, -0.25) is 19.3 Å². The molecular weight excluding hydrogens is 587 g/mol. The number of nitrogens with zero attached hydrogens (tertiary/aromatic N) is 1. The molecular formula is C26H19BrClFN2O5S. The molecule has 7 nitrogen and oxygen atoms in total. The number of methoxy groups -OCH3 is 1. The van der Waals surface area contributed by atoms with E-state index in [1.54, 1.807) is 48.5 Å². The molecule has 0 unspecified atom stereocenters. The molecule has 1 heterocycles. The van der Waals surface area contributed by atoms with Gasteiger partial charge in [-0.2, -0.15) is 0 Å². The minimum absolute atomic E-state index is 0.113. The van der Waals surface area contributed by atoms with E-state index in [9.17, 15) is 18.8 Å². The van der Waals surface area contributed by atoms with Gasteiger partial charge in [0, 0.05) is 10.7 Å². The fourth-order valence-electron chi connectivity index (χ4n) is 3.44. The molecule has 0 bridgehead atoms. The zero-order chi connectivity index (χ0) is 26.5. The first-order valence-corrected chi connectivity index (χ1v) is 12.8. The maximum Gasteiger partial charge on any atom is 0.294 e. The number of imide groups is 1. The van der Waals surface area contributed by atoms with Gasteiger partial charge < -0.3 is 14.8 Å². The van der Waals surface area contributed by atoms with Gasteiger partial charge in [-0.05, 0) is 87.4 Å². The summed E-state index contributed by atoms with van der Waals surface area (Å²) in [5.74, 6) is -0.710. The summed E-state index contributed by atoms with van der Waals surface area (Å²) in [4.78, 5) is 38.8. The van der Waals surface area contributed by atoms with Crippen LogP contribution in [-0.2, 0) is 16.2 Å². The van der Waals surface area contributed by atoms with Crippen molar-refractivity contribution < 1.29 is 28.2 Å². The Morgan fingerprint density at radius 1 is 1.16 bits per heavy atom. The van der Waals surface area contributed by atoms with E-state index >= 15 is 0 Å². The van der Waals surface area contributed by atoms with Gasteiger partial charge in [-0.15, -0.1) is 0 Å². The molecule has 11 heteroatoms. The lowest BCUT2D eigenvalue weighted by molar-refractivity contribution is -0.127. The number of benzene rings is 3. The highest BCUT2D eigenvalue weighted by molar-refractivity contribution is 9.10. The second-order valence-corrected chi connectivity index (χ2v) is 10.1. The summed E-state index contributed by atoms with van der Waals surface area (Å²) < 4.78 is 25.3. The van der Waals surface area contributed by atoms with E-state index in [1.807, 2.05) is 0 Å². The summed E-state index contributed by atoms with van der Waals surface area (Å²) in [5.41, 5.74) is 1.67. The fraction of sp³-hybridized carbons (Fsp3) is 0.115.